The predicted molar refractivity (Wildman–Crippen MR) is 60.2 cm³/mol. The van der Waals surface area contributed by atoms with Crippen molar-refractivity contribution in [3.8, 4) is 0 Å². The van der Waals surface area contributed by atoms with Gasteiger partial charge in [0.05, 0.1) is 11.8 Å². The number of hydrogen-bond acceptors (Lipinski definition) is 3. The van der Waals surface area contributed by atoms with Crippen LogP contribution < -0.4 is 5.32 Å². The van der Waals surface area contributed by atoms with Gasteiger partial charge in [-0.3, -0.25) is 0 Å². The Labute approximate surface area is 102 Å². The third kappa shape index (κ3) is 2.61. The molecule has 0 atom stereocenters. The van der Waals surface area contributed by atoms with Crippen LogP contribution in [0.1, 0.15) is 17.5 Å². The number of nitrogens with one attached hydrogen (secondary N) is 1. The average molecular weight is 258 g/mol. The van der Waals surface area contributed by atoms with Gasteiger partial charge < -0.3 is 5.32 Å². The highest BCUT2D eigenvalue weighted by Crippen LogP contribution is 2.28. The second-order valence-electron chi connectivity index (χ2n) is 3.99. The van der Waals surface area contributed by atoms with Crippen molar-refractivity contribution >= 4 is 5.65 Å². The van der Waals surface area contributed by atoms with E-state index in [1.807, 2.05) is 7.05 Å². The van der Waals surface area contributed by atoms with E-state index in [0.717, 1.165) is 37.3 Å². The van der Waals surface area contributed by atoms with Crippen molar-refractivity contribution in [2.24, 2.45) is 0 Å². The summed E-state index contributed by atoms with van der Waals surface area (Å²) in [5.74, 6) is 0. The van der Waals surface area contributed by atoms with Gasteiger partial charge in [0.25, 0.3) is 0 Å². The Bertz CT molecular complexity index is 533. The van der Waals surface area contributed by atoms with Gasteiger partial charge in [-0.1, -0.05) is 0 Å². The van der Waals surface area contributed by atoms with Crippen LogP contribution in [0.4, 0.5) is 13.2 Å². The highest BCUT2D eigenvalue weighted by atomic mass is 19.4. The second kappa shape index (κ2) is 4.93. The minimum atomic E-state index is -4.39. The lowest BCUT2D eigenvalue weighted by molar-refractivity contribution is -0.138. The third-order valence-electron chi connectivity index (χ3n) is 2.63. The van der Waals surface area contributed by atoms with E-state index >= 15 is 0 Å². The maximum atomic E-state index is 12.5. The third-order valence-corrected chi connectivity index (χ3v) is 2.63. The number of nitrogens with zero attached hydrogens (tertiary/aromatic N) is 3. The summed E-state index contributed by atoms with van der Waals surface area (Å²) in [4.78, 5) is 3.85. The molecule has 0 aromatic carbocycles. The van der Waals surface area contributed by atoms with Gasteiger partial charge >= 0.3 is 6.18 Å². The van der Waals surface area contributed by atoms with Crippen LogP contribution >= 0.6 is 0 Å². The van der Waals surface area contributed by atoms with Crippen LogP contribution in [-0.4, -0.2) is 28.2 Å². The smallest absolute Gasteiger partial charge is 0.320 e. The Morgan fingerprint density at radius 3 is 2.78 bits per heavy atom. The van der Waals surface area contributed by atoms with Crippen LogP contribution in [0, 0.1) is 0 Å². The number of hydrogen-bond donors (Lipinski definition) is 1. The number of alkyl halides is 3. The van der Waals surface area contributed by atoms with Gasteiger partial charge in [0, 0.05) is 18.0 Å². The second-order valence-corrected chi connectivity index (χ2v) is 3.99. The topological polar surface area (TPSA) is 42.2 Å². The Balaban J connectivity index is 2.26. The minimum absolute atomic E-state index is 0.485. The van der Waals surface area contributed by atoms with Gasteiger partial charge in [-0.25, -0.2) is 9.50 Å². The molecule has 7 heteroatoms. The van der Waals surface area contributed by atoms with Crippen molar-refractivity contribution in [2.75, 3.05) is 13.6 Å². The van der Waals surface area contributed by atoms with Gasteiger partial charge in [-0.2, -0.15) is 18.3 Å². The monoisotopic (exact) mass is 258 g/mol. The maximum Gasteiger partial charge on any atom is 0.419 e. The predicted octanol–water partition coefficient (Wildman–Crippen LogP) is 1.90. The molecule has 0 radical (unpaired) electrons. The van der Waals surface area contributed by atoms with Crippen molar-refractivity contribution in [1.29, 1.82) is 0 Å². The standard InChI is InChI=1S/C11H13F3N4/c1-15-4-2-3-8-5-17-18-7-9(11(12,13)14)6-16-10(8)18/h5-7,15H,2-4H2,1H3. The van der Waals surface area contributed by atoms with Crippen LogP contribution in [-0.2, 0) is 12.6 Å². The first kappa shape index (κ1) is 12.8. The van der Waals surface area contributed by atoms with Gasteiger partial charge in [0.2, 0.25) is 0 Å². The first-order valence-electron chi connectivity index (χ1n) is 5.56. The fourth-order valence-electron chi connectivity index (χ4n) is 1.70. The van der Waals surface area contributed by atoms with E-state index in [9.17, 15) is 13.2 Å². The van der Waals surface area contributed by atoms with Crippen molar-refractivity contribution < 1.29 is 13.2 Å². The molecule has 2 aromatic rings. The SMILES string of the molecule is CNCCCc1cnn2cc(C(F)(F)F)cnc12. The van der Waals surface area contributed by atoms with Gasteiger partial charge in [0.1, 0.15) is 0 Å². The lowest BCUT2D eigenvalue weighted by Crippen LogP contribution is -2.09. The molecule has 0 aliphatic rings. The van der Waals surface area contributed by atoms with Gasteiger partial charge in [0.15, 0.2) is 5.65 Å². The number of halogens is 3. The summed E-state index contributed by atoms with van der Waals surface area (Å²) < 4.78 is 38.6. The molecule has 98 valence electrons. The van der Waals surface area contributed by atoms with E-state index in [2.05, 4.69) is 15.4 Å². The van der Waals surface area contributed by atoms with Crippen LogP contribution in [0.25, 0.3) is 5.65 Å². The zero-order valence-corrected chi connectivity index (χ0v) is 9.83. The summed E-state index contributed by atoms with van der Waals surface area (Å²) in [7, 11) is 1.85. The van der Waals surface area contributed by atoms with E-state index in [1.165, 1.54) is 4.52 Å². The number of fused-ring (bicyclic) bond motifs is 1. The average Bonchev–Trinajstić information content (AvgIpc) is 2.71. The zero-order chi connectivity index (χ0) is 13.2. The molecule has 0 saturated heterocycles. The molecule has 0 unspecified atom stereocenters. The van der Waals surface area contributed by atoms with E-state index in [4.69, 9.17) is 0 Å². The first-order valence-corrected chi connectivity index (χ1v) is 5.56. The lowest BCUT2D eigenvalue weighted by atomic mass is 10.2. The molecular formula is C11H13F3N4. The summed E-state index contributed by atoms with van der Waals surface area (Å²) in [5.41, 5.74) is 0.554. The molecule has 0 amide bonds. The summed E-state index contributed by atoms with van der Waals surface area (Å²) in [6, 6.07) is 0. The van der Waals surface area contributed by atoms with Crippen molar-refractivity contribution in [3.05, 3.63) is 29.7 Å². The molecule has 1 N–H and O–H groups in total. The molecule has 2 aromatic heterocycles. The molecule has 0 bridgehead atoms. The highest BCUT2D eigenvalue weighted by Gasteiger charge is 2.31. The van der Waals surface area contributed by atoms with Gasteiger partial charge in [-0.05, 0) is 26.4 Å². The molecule has 2 rings (SSSR count). The fraction of sp³-hybridized carbons (Fsp3) is 0.455. The van der Waals surface area contributed by atoms with Crippen molar-refractivity contribution in [1.82, 2.24) is 19.9 Å². The summed E-state index contributed by atoms with van der Waals surface area (Å²) in [6.45, 7) is 0.845. The molecule has 0 spiro atoms. The lowest BCUT2D eigenvalue weighted by Gasteiger charge is -2.06. The quantitative estimate of drug-likeness (QED) is 0.852. The molecular weight excluding hydrogens is 245 g/mol. The van der Waals surface area contributed by atoms with Crippen LogP contribution in [0.2, 0.25) is 0 Å². The highest BCUT2D eigenvalue weighted by molar-refractivity contribution is 5.46. The van der Waals surface area contributed by atoms with E-state index < -0.39 is 11.7 Å². The summed E-state index contributed by atoms with van der Waals surface area (Å²) in [5, 5.41) is 6.92. The Hall–Kier alpha value is -1.63. The Morgan fingerprint density at radius 2 is 2.11 bits per heavy atom. The molecule has 4 nitrogen and oxygen atoms in total. The molecule has 2 heterocycles. The largest absolute Gasteiger partial charge is 0.419 e. The normalized spacial score (nSPS) is 12.2. The minimum Gasteiger partial charge on any atom is -0.320 e. The van der Waals surface area contributed by atoms with Crippen molar-refractivity contribution in [3.63, 3.8) is 0 Å². The maximum absolute atomic E-state index is 12.5. The molecule has 0 aliphatic heterocycles. The first-order chi connectivity index (χ1) is 8.52. The summed E-state index contributed by atoms with van der Waals surface area (Å²) >= 11 is 0. The number of aromatic nitrogens is 3. The van der Waals surface area contributed by atoms with Gasteiger partial charge in [-0.15, -0.1) is 0 Å². The summed E-state index contributed by atoms with van der Waals surface area (Å²) in [6.07, 6.45) is 0.614. The zero-order valence-electron chi connectivity index (χ0n) is 9.83. The van der Waals surface area contributed by atoms with E-state index in [1.54, 1.807) is 6.20 Å². The Morgan fingerprint density at radius 1 is 1.33 bits per heavy atom. The van der Waals surface area contributed by atoms with Crippen LogP contribution in [0.15, 0.2) is 18.6 Å². The Kier molecular flexibility index (Phi) is 3.51. The van der Waals surface area contributed by atoms with Crippen molar-refractivity contribution in [2.45, 2.75) is 19.0 Å². The molecule has 0 aliphatic carbocycles. The van der Waals surface area contributed by atoms with Crippen LogP contribution in [0.3, 0.4) is 0 Å². The van der Waals surface area contributed by atoms with Crippen LogP contribution in [0.5, 0.6) is 0 Å². The molecule has 0 fully saturated rings. The van der Waals surface area contributed by atoms with E-state index in [-0.39, 0.29) is 0 Å². The molecule has 0 saturated carbocycles. The number of aryl methyl sites for hydroxylation is 1. The number of rotatable bonds is 4. The molecule has 18 heavy (non-hydrogen) atoms. The van der Waals surface area contributed by atoms with E-state index in [0.29, 0.717) is 5.65 Å². The fourth-order valence-corrected chi connectivity index (χ4v) is 1.70.